The number of hydrogen-bond acceptors (Lipinski definition) is 7. The van der Waals surface area contributed by atoms with Crippen molar-refractivity contribution in [3.63, 3.8) is 0 Å². The summed E-state index contributed by atoms with van der Waals surface area (Å²) in [6.45, 7) is 1.18. The maximum atomic E-state index is 12.9. The van der Waals surface area contributed by atoms with E-state index >= 15 is 0 Å². The standard InChI is InChI=1S/C19H25N5O6S/c1-29-15-3-5-16(6-4-15)31(27,28)24-11-12-30-17(24)13-22-19(26)18(25)21-7-2-9-23-10-8-20-14-23/h3-6,8,10,14,17H,2,7,9,11-13H2,1H3,(H,21,25)(H,22,26). The number of carbonyl (C=O) groups excluding carboxylic acids is 2. The van der Waals surface area contributed by atoms with Crippen LogP contribution in [0, 0.1) is 0 Å². The van der Waals surface area contributed by atoms with Crippen LogP contribution in [0.2, 0.25) is 0 Å². The van der Waals surface area contributed by atoms with E-state index in [1.54, 1.807) is 24.7 Å². The van der Waals surface area contributed by atoms with E-state index < -0.39 is 28.1 Å². The Bertz CT molecular complexity index is 978. The molecule has 2 heterocycles. The second-order valence-corrected chi connectivity index (χ2v) is 8.63. The molecule has 1 atom stereocenters. The van der Waals surface area contributed by atoms with Crippen molar-refractivity contribution in [1.82, 2.24) is 24.5 Å². The summed E-state index contributed by atoms with van der Waals surface area (Å²) in [4.78, 5) is 28.0. The maximum Gasteiger partial charge on any atom is 0.309 e. The summed E-state index contributed by atoms with van der Waals surface area (Å²) in [5.74, 6) is -1.09. The molecule has 1 aromatic carbocycles. The number of hydrogen-bond donors (Lipinski definition) is 2. The average molecular weight is 452 g/mol. The molecule has 2 aromatic rings. The Labute approximate surface area is 180 Å². The van der Waals surface area contributed by atoms with Gasteiger partial charge in [-0.2, -0.15) is 4.31 Å². The molecule has 1 aliphatic rings. The van der Waals surface area contributed by atoms with Crippen molar-refractivity contribution in [3.05, 3.63) is 43.0 Å². The fraction of sp³-hybridized carbons (Fsp3) is 0.421. The number of rotatable bonds is 9. The van der Waals surface area contributed by atoms with Gasteiger partial charge in [0.15, 0.2) is 0 Å². The fourth-order valence-electron chi connectivity index (χ4n) is 3.05. The lowest BCUT2D eigenvalue weighted by molar-refractivity contribution is -0.139. The van der Waals surface area contributed by atoms with Crippen LogP contribution in [-0.2, 0) is 30.9 Å². The number of nitrogens with one attached hydrogen (secondary N) is 2. The van der Waals surface area contributed by atoms with Crippen LogP contribution in [0.25, 0.3) is 0 Å². The van der Waals surface area contributed by atoms with Gasteiger partial charge in [0.1, 0.15) is 12.0 Å². The van der Waals surface area contributed by atoms with E-state index in [2.05, 4.69) is 15.6 Å². The lowest BCUT2D eigenvalue weighted by atomic mass is 10.3. The highest BCUT2D eigenvalue weighted by molar-refractivity contribution is 7.89. The fourth-order valence-corrected chi connectivity index (χ4v) is 4.56. The molecule has 1 aliphatic heterocycles. The third kappa shape index (κ3) is 5.81. The molecule has 0 bridgehead atoms. The smallest absolute Gasteiger partial charge is 0.309 e. The minimum atomic E-state index is -3.83. The van der Waals surface area contributed by atoms with Crippen LogP contribution >= 0.6 is 0 Å². The Balaban J connectivity index is 1.48. The first-order chi connectivity index (χ1) is 14.9. The summed E-state index contributed by atoms with van der Waals surface area (Å²) in [5.41, 5.74) is 0. The Morgan fingerprint density at radius 1 is 1.23 bits per heavy atom. The van der Waals surface area contributed by atoms with Gasteiger partial charge in [-0.25, -0.2) is 13.4 Å². The molecule has 0 aliphatic carbocycles. The molecular formula is C19H25N5O6S. The highest BCUT2D eigenvalue weighted by atomic mass is 32.2. The molecule has 11 nitrogen and oxygen atoms in total. The van der Waals surface area contributed by atoms with Gasteiger partial charge in [-0.05, 0) is 30.7 Å². The van der Waals surface area contributed by atoms with E-state index in [0.717, 1.165) is 4.31 Å². The van der Waals surface area contributed by atoms with Gasteiger partial charge in [0, 0.05) is 32.0 Å². The van der Waals surface area contributed by atoms with E-state index in [0.29, 0.717) is 25.3 Å². The number of carbonyl (C=O) groups is 2. The average Bonchev–Trinajstić information content (AvgIpc) is 3.47. The molecule has 3 rings (SSSR count). The van der Waals surface area contributed by atoms with Crippen molar-refractivity contribution in [1.29, 1.82) is 0 Å². The van der Waals surface area contributed by atoms with E-state index in [1.807, 2.05) is 10.8 Å². The molecular weight excluding hydrogens is 426 g/mol. The molecule has 0 spiro atoms. The number of aromatic nitrogens is 2. The minimum absolute atomic E-state index is 0.0887. The minimum Gasteiger partial charge on any atom is -0.497 e. The zero-order valence-corrected chi connectivity index (χ0v) is 17.9. The van der Waals surface area contributed by atoms with Crippen molar-refractivity contribution in [2.45, 2.75) is 24.1 Å². The van der Waals surface area contributed by atoms with Gasteiger partial charge in [0.2, 0.25) is 10.0 Å². The van der Waals surface area contributed by atoms with E-state index in [-0.39, 0.29) is 24.6 Å². The van der Waals surface area contributed by atoms with Gasteiger partial charge in [-0.3, -0.25) is 9.59 Å². The van der Waals surface area contributed by atoms with Crippen LogP contribution in [0.15, 0.2) is 47.9 Å². The number of sulfonamides is 1. The zero-order chi connectivity index (χ0) is 22.3. The highest BCUT2D eigenvalue weighted by Gasteiger charge is 2.36. The van der Waals surface area contributed by atoms with Crippen molar-refractivity contribution >= 4 is 21.8 Å². The van der Waals surface area contributed by atoms with Crippen molar-refractivity contribution < 1.29 is 27.5 Å². The number of aryl methyl sites for hydroxylation is 1. The maximum absolute atomic E-state index is 12.9. The second kappa shape index (κ2) is 10.4. The lowest BCUT2D eigenvalue weighted by Crippen LogP contribution is -2.47. The van der Waals surface area contributed by atoms with Gasteiger partial charge < -0.3 is 24.7 Å². The first-order valence-electron chi connectivity index (χ1n) is 9.71. The van der Waals surface area contributed by atoms with Crippen LogP contribution in [0.1, 0.15) is 6.42 Å². The normalized spacial score (nSPS) is 16.7. The summed E-state index contributed by atoms with van der Waals surface area (Å²) in [6.07, 6.45) is 4.87. The molecule has 2 N–H and O–H groups in total. The van der Waals surface area contributed by atoms with Gasteiger partial charge in [0.05, 0.1) is 31.5 Å². The SMILES string of the molecule is COc1ccc(S(=O)(=O)N2CCOC2CNC(=O)C(=O)NCCCn2ccnc2)cc1. The first kappa shape index (κ1) is 22.7. The zero-order valence-electron chi connectivity index (χ0n) is 17.1. The Kier molecular flexibility index (Phi) is 7.60. The summed E-state index contributed by atoms with van der Waals surface area (Å²) in [5, 5.41) is 4.96. The molecule has 2 amide bonds. The van der Waals surface area contributed by atoms with Gasteiger partial charge in [-0.1, -0.05) is 0 Å². The quantitative estimate of drug-likeness (QED) is 0.390. The van der Waals surface area contributed by atoms with Gasteiger partial charge in [-0.15, -0.1) is 0 Å². The summed E-state index contributed by atoms with van der Waals surface area (Å²) in [7, 11) is -2.33. The van der Waals surface area contributed by atoms with Gasteiger partial charge in [0.25, 0.3) is 0 Å². The molecule has 12 heteroatoms. The summed E-state index contributed by atoms with van der Waals surface area (Å²) >= 11 is 0. The number of nitrogens with zero attached hydrogens (tertiary/aromatic N) is 3. The van der Waals surface area contributed by atoms with Crippen LogP contribution in [0.5, 0.6) is 5.75 Å². The number of benzene rings is 1. The molecule has 1 unspecified atom stereocenters. The molecule has 168 valence electrons. The predicted octanol–water partition coefficient (Wildman–Crippen LogP) is -0.439. The second-order valence-electron chi connectivity index (χ2n) is 6.74. The molecule has 0 saturated carbocycles. The Morgan fingerprint density at radius 2 is 1.97 bits per heavy atom. The van der Waals surface area contributed by atoms with Crippen molar-refractivity contribution in [2.24, 2.45) is 0 Å². The molecule has 31 heavy (non-hydrogen) atoms. The largest absolute Gasteiger partial charge is 0.497 e. The van der Waals surface area contributed by atoms with Crippen LogP contribution in [0.3, 0.4) is 0 Å². The predicted molar refractivity (Wildman–Crippen MR) is 109 cm³/mol. The lowest BCUT2D eigenvalue weighted by Gasteiger charge is -2.23. The van der Waals surface area contributed by atoms with E-state index in [1.165, 1.54) is 19.2 Å². The monoisotopic (exact) mass is 451 g/mol. The van der Waals surface area contributed by atoms with Crippen LogP contribution in [-0.4, -0.2) is 73.7 Å². The molecule has 1 saturated heterocycles. The highest BCUT2D eigenvalue weighted by Crippen LogP contribution is 2.23. The van der Waals surface area contributed by atoms with Crippen molar-refractivity contribution in [3.8, 4) is 5.75 Å². The molecule has 0 radical (unpaired) electrons. The number of ether oxygens (including phenoxy) is 2. The molecule has 1 fully saturated rings. The number of amides is 2. The Morgan fingerprint density at radius 3 is 2.65 bits per heavy atom. The number of imidazole rings is 1. The Hall–Kier alpha value is -2.96. The summed E-state index contributed by atoms with van der Waals surface area (Å²) in [6, 6.07) is 5.99. The van der Waals surface area contributed by atoms with Crippen LogP contribution < -0.4 is 15.4 Å². The number of methoxy groups -OCH3 is 1. The molecule has 1 aromatic heterocycles. The van der Waals surface area contributed by atoms with E-state index in [4.69, 9.17) is 9.47 Å². The topological polar surface area (TPSA) is 132 Å². The summed E-state index contributed by atoms with van der Waals surface area (Å²) < 4.78 is 39.3. The van der Waals surface area contributed by atoms with Gasteiger partial charge >= 0.3 is 11.8 Å². The van der Waals surface area contributed by atoms with Crippen LogP contribution in [0.4, 0.5) is 0 Å². The third-order valence-electron chi connectivity index (χ3n) is 4.69. The van der Waals surface area contributed by atoms with E-state index in [9.17, 15) is 18.0 Å². The van der Waals surface area contributed by atoms with Crippen molar-refractivity contribution in [2.75, 3.05) is 33.4 Å². The third-order valence-corrected chi connectivity index (χ3v) is 6.59. The first-order valence-corrected chi connectivity index (χ1v) is 11.1.